The Kier molecular flexibility index (Phi) is 7.25. The number of aliphatic imine (C=N–C) groups is 1. The molecule has 0 unspecified atom stereocenters. The average molecular weight is 396 g/mol. The van der Waals surface area contributed by atoms with Crippen LogP contribution in [0.5, 0.6) is 0 Å². The number of hydrogen-bond donors (Lipinski definition) is 3. The molecular formula is C23H30FN5. The third-order valence-corrected chi connectivity index (χ3v) is 4.70. The smallest absolute Gasteiger partial charge is 0.191 e. The van der Waals surface area contributed by atoms with Crippen molar-refractivity contribution in [3.8, 4) is 0 Å². The largest absolute Gasteiger partial charge is 0.361 e. The summed E-state index contributed by atoms with van der Waals surface area (Å²) in [4.78, 5) is 9.99. The molecule has 3 rings (SSSR count). The first-order valence-corrected chi connectivity index (χ1v) is 10.1. The van der Waals surface area contributed by atoms with Gasteiger partial charge in [-0.3, -0.25) is 0 Å². The zero-order chi connectivity index (χ0) is 20.6. The summed E-state index contributed by atoms with van der Waals surface area (Å²) in [5, 5.41) is 7.74. The van der Waals surface area contributed by atoms with Crippen molar-refractivity contribution in [2.75, 3.05) is 27.2 Å². The molecule has 0 aliphatic carbocycles. The van der Waals surface area contributed by atoms with Crippen LogP contribution in [0.25, 0.3) is 10.9 Å². The summed E-state index contributed by atoms with van der Waals surface area (Å²) in [6, 6.07) is 13.4. The van der Waals surface area contributed by atoms with Crippen LogP contribution in [0.4, 0.5) is 4.39 Å². The maximum absolute atomic E-state index is 13.3. The van der Waals surface area contributed by atoms with Crippen molar-refractivity contribution < 1.29 is 4.39 Å². The van der Waals surface area contributed by atoms with Gasteiger partial charge in [-0.2, -0.15) is 0 Å². The van der Waals surface area contributed by atoms with Crippen LogP contribution in [0, 0.1) is 5.82 Å². The highest BCUT2D eigenvalue weighted by atomic mass is 19.1. The molecule has 0 saturated heterocycles. The molecule has 0 amide bonds. The number of benzene rings is 2. The lowest BCUT2D eigenvalue weighted by atomic mass is 10.1. The van der Waals surface area contributed by atoms with Gasteiger partial charge in [0.1, 0.15) is 5.82 Å². The third kappa shape index (κ3) is 6.06. The van der Waals surface area contributed by atoms with Crippen LogP contribution in [-0.4, -0.2) is 43.0 Å². The summed E-state index contributed by atoms with van der Waals surface area (Å²) in [5.74, 6) is 0.580. The van der Waals surface area contributed by atoms with Crippen LogP contribution >= 0.6 is 0 Å². The normalized spacial score (nSPS) is 12.0. The Morgan fingerprint density at radius 2 is 1.83 bits per heavy atom. The summed E-state index contributed by atoms with van der Waals surface area (Å²) >= 11 is 0. The first-order valence-electron chi connectivity index (χ1n) is 10.1. The fourth-order valence-corrected chi connectivity index (χ4v) is 3.31. The van der Waals surface area contributed by atoms with E-state index in [-0.39, 0.29) is 5.82 Å². The van der Waals surface area contributed by atoms with Crippen LogP contribution in [-0.2, 0) is 19.5 Å². The number of guanidine groups is 1. The molecule has 0 bridgehead atoms. The average Bonchev–Trinajstić information content (AvgIpc) is 3.09. The molecule has 154 valence electrons. The fourth-order valence-electron chi connectivity index (χ4n) is 3.31. The molecule has 3 aromatic rings. The number of fused-ring (bicyclic) bond motifs is 1. The van der Waals surface area contributed by atoms with Gasteiger partial charge in [-0.15, -0.1) is 0 Å². The summed E-state index contributed by atoms with van der Waals surface area (Å²) < 4.78 is 13.3. The Hall–Kier alpha value is -2.86. The summed E-state index contributed by atoms with van der Waals surface area (Å²) in [6.07, 6.45) is 2.78. The minimum Gasteiger partial charge on any atom is -0.361 e. The molecule has 0 aliphatic rings. The SMILES string of the molecule is CCNC(=NCc1ccc(CN(C)C)cc1)NCCc1c[nH]c2cc(F)ccc12. The lowest BCUT2D eigenvalue weighted by molar-refractivity contribution is 0.402. The van der Waals surface area contributed by atoms with Gasteiger partial charge in [0.05, 0.1) is 6.54 Å². The maximum atomic E-state index is 13.3. The van der Waals surface area contributed by atoms with Gasteiger partial charge in [0.15, 0.2) is 5.96 Å². The highest BCUT2D eigenvalue weighted by molar-refractivity contribution is 5.83. The molecule has 0 spiro atoms. The summed E-state index contributed by atoms with van der Waals surface area (Å²) in [7, 11) is 4.14. The number of nitrogens with one attached hydrogen (secondary N) is 3. The first-order chi connectivity index (χ1) is 14.0. The van der Waals surface area contributed by atoms with Gasteiger partial charge in [-0.25, -0.2) is 9.38 Å². The minimum atomic E-state index is -0.222. The Morgan fingerprint density at radius 1 is 1.07 bits per heavy atom. The first kappa shape index (κ1) is 20.9. The number of aromatic amines is 1. The quantitative estimate of drug-likeness (QED) is 0.403. The van der Waals surface area contributed by atoms with Gasteiger partial charge >= 0.3 is 0 Å². The zero-order valence-corrected chi connectivity index (χ0v) is 17.4. The van der Waals surface area contributed by atoms with Crippen LogP contribution in [0.15, 0.2) is 53.7 Å². The van der Waals surface area contributed by atoms with Crippen LogP contribution in [0.2, 0.25) is 0 Å². The summed E-state index contributed by atoms with van der Waals surface area (Å²) in [6.45, 7) is 5.18. The molecule has 1 aromatic heterocycles. The maximum Gasteiger partial charge on any atom is 0.191 e. The van der Waals surface area contributed by atoms with Crippen molar-refractivity contribution in [3.63, 3.8) is 0 Å². The fraction of sp³-hybridized carbons (Fsp3) is 0.348. The molecule has 0 radical (unpaired) electrons. The van der Waals surface area contributed by atoms with E-state index in [1.807, 2.05) is 12.3 Å². The second-order valence-corrected chi connectivity index (χ2v) is 7.43. The van der Waals surface area contributed by atoms with E-state index >= 15 is 0 Å². The zero-order valence-electron chi connectivity index (χ0n) is 17.4. The van der Waals surface area contributed by atoms with E-state index in [2.05, 4.69) is 65.8 Å². The standard InChI is InChI=1S/C23H30FN5/c1-4-25-23(28-14-17-5-7-18(8-6-17)16-29(2)3)26-12-11-19-15-27-22-13-20(24)9-10-21(19)22/h5-10,13,15,27H,4,11-12,14,16H2,1-3H3,(H2,25,26,28). The molecule has 29 heavy (non-hydrogen) atoms. The summed E-state index contributed by atoms with van der Waals surface area (Å²) in [5.41, 5.74) is 4.48. The topological polar surface area (TPSA) is 55.5 Å². The Bertz CT molecular complexity index is 944. The highest BCUT2D eigenvalue weighted by Crippen LogP contribution is 2.19. The van der Waals surface area contributed by atoms with Gasteiger partial charge < -0.3 is 20.5 Å². The van der Waals surface area contributed by atoms with Crippen molar-refractivity contribution in [1.82, 2.24) is 20.5 Å². The van der Waals surface area contributed by atoms with Gasteiger partial charge in [-0.05, 0) is 62.3 Å². The van der Waals surface area contributed by atoms with E-state index in [4.69, 9.17) is 4.99 Å². The second-order valence-electron chi connectivity index (χ2n) is 7.43. The van der Waals surface area contributed by atoms with Crippen LogP contribution in [0.3, 0.4) is 0 Å². The van der Waals surface area contributed by atoms with E-state index in [1.165, 1.54) is 28.8 Å². The second kappa shape index (κ2) is 10.1. The minimum absolute atomic E-state index is 0.222. The monoisotopic (exact) mass is 395 g/mol. The van der Waals surface area contributed by atoms with E-state index in [1.54, 1.807) is 0 Å². The Labute approximate surface area is 172 Å². The van der Waals surface area contributed by atoms with Crippen molar-refractivity contribution in [1.29, 1.82) is 0 Å². The molecule has 3 N–H and O–H groups in total. The number of aromatic nitrogens is 1. The van der Waals surface area contributed by atoms with Crippen molar-refractivity contribution >= 4 is 16.9 Å². The molecule has 0 aliphatic heterocycles. The number of halogens is 1. The van der Waals surface area contributed by atoms with E-state index in [0.29, 0.717) is 6.54 Å². The number of H-pyrrole nitrogens is 1. The van der Waals surface area contributed by atoms with E-state index < -0.39 is 0 Å². The number of nitrogens with zero attached hydrogens (tertiary/aromatic N) is 2. The number of hydrogen-bond acceptors (Lipinski definition) is 2. The van der Waals surface area contributed by atoms with Gasteiger partial charge in [0.2, 0.25) is 0 Å². The lowest BCUT2D eigenvalue weighted by Gasteiger charge is -2.12. The molecular weight excluding hydrogens is 365 g/mol. The van der Waals surface area contributed by atoms with Crippen LogP contribution < -0.4 is 10.6 Å². The van der Waals surface area contributed by atoms with Gasteiger partial charge in [-0.1, -0.05) is 24.3 Å². The Balaban J connectivity index is 1.56. The van der Waals surface area contributed by atoms with Crippen molar-refractivity contribution in [3.05, 3.63) is 71.2 Å². The Morgan fingerprint density at radius 3 is 2.55 bits per heavy atom. The molecule has 1 heterocycles. The number of rotatable bonds is 8. The lowest BCUT2D eigenvalue weighted by Crippen LogP contribution is -2.38. The van der Waals surface area contributed by atoms with Gasteiger partial charge in [0, 0.05) is 36.7 Å². The predicted molar refractivity (Wildman–Crippen MR) is 119 cm³/mol. The molecule has 6 heteroatoms. The molecule has 0 atom stereocenters. The predicted octanol–water partition coefficient (Wildman–Crippen LogP) is 3.67. The molecule has 0 fully saturated rings. The molecule has 5 nitrogen and oxygen atoms in total. The highest BCUT2D eigenvalue weighted by Gasteiger charge is 2.05. The molecule has 0 saturated carbocycles. The third-order valence-electron chi connectivity index (χ3n) is 4.70. The molecule has 2 aromatic carbocycles. The van der Waals surface area contributed by atoms with Crippen molar-refractivity contribution in [2.24, 2.45) is 4.99 Å². The van der Waals surface area contributed by atoms with Gasteiger partial charge in [0.25, 0.3) is 0 Å². The van der Waals surface area contributed by atoms with Crippen molar-refractivity contribution in [2.45, 2.75) is 26.4 Å². The van der Waals surface area contributed by atoms with E-state index in [0.717, 1.165) is 42.9 Å². The van der Waals surface area contributed by atoms with Crippen LogP contribution in [0.1, 0.15) is 23.6 Å². The van der Waals surface area contributed by atoms with E-state index in [9.17, 15) is 4.39 Å².